The zero-order valence-corrected chi connectivity index (χ0v) is 12.7. The quantitative estimate of drug-likeness (QED) is 0.761. The SMILES string of the molecule is O=C(CCc1cnn(-c2ccccc2)c1)NCc1ccncc1. The molecule has 0 bridgehead atoms. The van der Waals surface area contributed by atoms with Gasteiger partial charge in [-0.15, -0.1) is 0 Å². The summed E-state index contributed by atoms with van der Waals surface area (Å²) in [5.74, 6) is 0.0364. The zero-order valence-electron chi connectivity index (χ0n) is 12.7. The number of hydrogen-bond donors (Lipinski definition) is 1. The van der Waals surface area contributed by atoms with Gasteiger partial charge in [0, 0.05) is 31.6 Å². The Bertz CT molecular complexity index is 753. The molecule has 0 atom stereocenters. The van der Waals surface area contributed by atoms with Gasteiger partial charge >= 0.3 is 0 Å². The number of nitrogens with one attached hydrogen (secondary N) is 1. The van der Waals surface area contributed by atoms with E-state index in [4.69, 9.17) is 0 Å². The van der Waals surface area contributed by atoms with Crippen molar-refractivity contribution in [1.29, 1.82) is 0 Å². The molecule has 0 unspecified atom stereocenters. The van der Waals surface area contributed by atoms with Gasteiger partial charge in [-0.25, -0.2) is 4.68 Å². The predicted molar refractivity (Wildman–Crippen MR) is 88.0 cm³/mol. The zero-order chi connectivity index (χ0) is 15.9. The van der Waals surface area contributed by atoms with Crippen molar-refractivity contribution >= 4 is 5.91 Å². The van der Waals surface area contributed by atoms with Crippen LogP contribution in [0.2, 0.25) is 0 Å². The molecule has 0 aliphatic heterocycles. The van der Waals surface area contributed by atoms with Crippen molar-refractivity contribution in [3.8, 4) is 5.69 Å². The highest BCUT2D eigenvalue weighted by molar-refractivity contribution is 5.76. The van der Waals surface area contributed by atoms with E-state index in [1.165, 1.54) is 0 Å². The van der Waals surface area contributed by atoms with Crippen molar-refractivity contribution in [2.24, 2.45) is 0 Å². The topological polar surface area (TPSA) is 59.8 Å². The summed E-state index contributed by atoms with van der Waals surface area (Å²) in [7, 11) is 0. The maximum atomic E-state index is 11.9. The van der Waals surface area contributed by atoms with E-state index in [1.54, 1.807) is 12.4 Å². The number of aryl methyl sites for hydroxylation is 1. The fourth-order valence-electron chi connectivity index (χ4n) is 2.26. The minimum absolute atomic E-state index is 0.0364. The lowest BCUT2D eigenvalue weighted by Gasteiger charge is -2.04. The van der Waals surface area contributed by atoms with Gasteiger partial charge < -0.3 is 5.32 Å². The number of rotatable bonds is 6. The highest BCUT2D eigenvalue weighted by Gasteiger charge is 2.05. The van der Waals surface area contributed by atoms with Gasteiger partial charge in [-0.1, -0.05) is 18.2 Å². The predicted octanol–water partition coefficient (Wildman–Crippen LogP) is 2.52. The van der Waals surface area contributed by atoms with Crippen LogP contribution in [-0.2, 0) is 17.8 Å². The average molecular weight is 306 g/mol. The molecule has 3 rings (SSSR count). The van der Waals surface area contributed by atoms with Crippen LogP contribution in [0.1, 0.15) is 17.5 Å². The Labute approximate surface area is 135 Å². The lowest BCUT2D eigenvalue weighted by molar-refractivity contribution is -0.121. The first-order valence-corrected chi connectivity index (χ1v) is 7.56. The van der Waals surface area contributed by atoms with Crippen molar-refractivity contribution in [2.75, 3.05) is 0 Å². The van der Waals surface area contributed by atoms with Gasteiger partial charge in [-0.2, -0.15) is 5.10 Å². The number of nitrogens with zero attached hydrogens (tertiary/aromatic N) is 3. The number of aromatic nitrogens is 3. The summed E-state index contributed by atoms with van der Waals surface area (Å²) in [5.41, 5.74) is 3.11. The van der Waals surface area contributed by atoms with E-state index in [1.807, 2.05) is 59.5 Å². The molecule has 0 saturated carbocycles. The molecule has 1 aromatic carbocycles. The van der Waals surface area contributed by atoms with E-state index >= 15 is 0 Å². The van der Waals surface area contributed by atoms with Crippen LogP contribution < -0.4 is 5.32 Å². The molecule has 0 fully saturated rings. The van der Waals surface area contributed by atoms with Gasteiger partial charge in [-0.3, -0.25) is 9.78 Å². The summed E-state index contributed by atoms with van der Waals surface area (Å²) >= 11 is 0. The molecule has 23 heavy (non-hydrogen) atoms. The van der Waals surface area contributed by atoms with Crippen LogP contribution in [-0.4, -0.2) is 20.7 Å². The Morgan fingerprint density at radius 3 is 2.61 bits per heavy atom. The van der Waals surface area contributed by atoms with Gasteiger partial charge in [-0.05, 0) is 41.8 Å². The second-order valence-electron chi connectivity index (χ2n) is 5.26. The maximum Gasteiger partial charge on any atom is 0.220 e. The van der Waals surface area contributed by atoms with Crippen LogP contribution in [0.25, 0.3) is 5.69 Å². The molecule has 1 amide bonds. The molecule has 2 heterocycles. The van der Waals surface area contributed by atoms with Gasteiger partial charge in [0.1, 0.15) is 0 Å². The Morgan fingerprint density at radius 2 is 1.83 bits per heavy atom. The Kier molecular flexibility index (Phi) is 4.79. The summed E-state index contributed by atoms with van der Waals surface area (Å²) in [6.07, 6.45) is 8.34. The van der Waals surface area contributed by atoms with E-state index in [9.17, 15) is 4.79 Å². The highest BCUT2D eigenvalue weighted by Crippen LogP contribution is 2.09. The molecule has 2 aromatic heterocycles. The highest BCUT2D eigenvalue weighted by atomic mass is 16.1. The summed E-state index contributed by atoms with van der Waals surface area (Å²) in [6.45, 7) is 0.532. The molecule has 3 aromatic rings. The molecule has 0 aliphatic rings. The first kappa shape index (κ1) is 15.0. The van der Waals surface area contributed by atoms with Crippen LogP contribution in [0, 0.1) is 0 Å². The number of pyridine rings is 1. The number of carbonyl (C=O) groups is 1. The smallest absolute Gasteiger partial charge is 0.220 e. The van der Waals surface area contributed by atoms with Gasteiger partial charge in [0.05, 0.1) is 11.9 Å². The third-order valence-corrected chi connectivity index (χ3v) is 3.54. The Balaban J connectivity index is 1.49. The van der Waals surface area contributed by atoms with E-state index in [2.05, 4.69) is 15.4 Å². The first-order valence-electron chi connectivity index (χ1n) is 7.56. The Morgan fingerprint density at radius 1 is 1.04 bits per heavy atom. The molecular formula is C18H18N4O. The van der Waals surface area contributed by atoms with Crippen molar-refractivity contribution in [3.63, 3.8) is 0 Å². The molecule has 116 valence electrons. The van der Waals surface area contributed by atoms with Crippen LogP contribution in [0.15, 0.2) is 67.3 Å². The molecule has 0 saturated heterocycles. The standard InChI is InChI=1S/C18H18N4O/c23-18(20-12-15-8-10-19-11-9-15)7-6-16-13-21-22(14-16)17-4-2-1-3-5-17/h1-5,8-11,13-14H,6-7,12H2,(H,20,23). The molecular weight excluding hydrogens is 288 g/mol. The number of para-hydroxylation sites is 1. The largest absolute Gasteiger partial charge is 0.352 e. The molecule has 5 nitrogen and oxygen atoms in total. The first-order chi connectivity index (χ1) is 11.3. The van der Waals surface area contributed by atoms with Crippen molar-refractivity contribution < 1.29 is 4.79 Å². The van der Waals surface area contributed by atoms with Gasteiger partial charge in [0.2, 0.25) is 5.91 Å². The minimum atomic E-state index is 0.0364. The third-order valence-electron chi connectivity index (χ3n) is 3.54. The maximum absolute atomic E-state index is 11.9. The van der Waals surface area contributed by atoms with E-state index < -0.39 is 0 Å². The molecule has 0 radical (unpaired) electrons. The second-order valence-corrected chi connectivity index (χ2v) is 5.26. The number of amides is 1. The Hall–Kier alpha value is -2.95. The number of benzene rings is 1. The summed E-state index contributed by atoms with van der Waals surface area (Å²) in [6, 6.07) is 13.7. The molecule has 1 N–H and O–H groups in total. The normalized spacial score (nSPS) is 10.4. The number of hydrogen-bond acceptors (Lipinski definition) is 3. The molecule has 0 spiro atoms. The van der Waals surface area contributed by atoms with Crippen LogP contribution >= 0.6 is 0 Å². The van der Waals surface area contributed by atoms with E-state index in [-0.39, 0.29) is 5.91 Å². The summed E-state index contributed by atoms with van der Waals surface area (Å²) < 4.78 is 1.82. The van der Waals surface area contributed by atoms with Crippen LogP contribution in [0.4, 0.5) is 0 Å². The lowest BCUT2D eigenvalue weighted by Crippen LogP contribution is -2.22. The van der Waals surface area contributed by atoms with Crippen LogP contribution in [0.3, 0.4) is 0 Å². The van der Waals surface area contributed by atoms with Gasteiger partial charge in [0.15, 0.2) is 0 Å². The molecule has 5 heteroatoms. The third kappa shape index (κ3) is 4.26. The van der Waals surface area contributed by atoms with Crippen molar-refractivity contribution in [3.05, 3.63) is 78.4 Å². The lowest BCUT2D eigenvalue weighted by atomic mass is 10.2. The second kappa shape index (κ2) is 7.35. The van der Waals surface area contributed by atoms with Crippen molar-refractivity contribution in [1.82, 2.24) is 20.1 Å². The number of carbonyl (C=O) groups excluding carboxylic acids is 1. The van der Waals surface area contributed by atoms with Crippen LogP contribution in [0.5, 0.6) is 0 Å². The van der Waals surface area contributed by atoms with E-state index in [0.29, 0.717) is 19.4 Å². The monoisotopic (exact) mass is 306 g/mol. The summed E-state index contributed by atoms with van der Waals surface area (Å²) in [4.78, 5) is 15.9. The summed E-state index contributed by atoms with van der Waals surface area (Å²) in [5, 5.41) is 7.25. The molecule has 0 aliphatic carbocycles. The van der Waals surface area contributed by atoms with Crippen molar-refractivity contribution in [2.45, 2.75) is 19.4 Å². The fourth-order valence-corrected chi connectivity index (χ4v) is 2.26. The fraction of sp³-hybridized carbons (Fsp3) is 0.167. The minimum Gasteiger partial charge on any atom is -0.352 e. The average Bonchev–Trinajstić information content (AvgIpc) is 3.09. The van der Waals surface area contributed by atoms with E-state index in [0.717, 1.165) is 16.8 Å². The van der Waals surface area contributed by atoms with Gasteiger partial charge in [0.25, 0.3) is 0 Å².